The number of aromatic amines is 1. The highest BCUT2D eigenvalue weighted by Crippen LogP contribution is 2.29. The van der Waals surface area contributed by atoms with Gasteiger partial charge in [-0.25, -0.2) is 17.8 Å². The molecule has 0 saturated carbocycles. The van der Waals surface area contributed by atoms with Crippen LogP contribution in [0.4, 0.5) is 11.4 Å². The van der Waals surface area contributed by atoms with Crippen molar-refractivity contribution in [1.82, 2.24) is 9.55 Å². The summed E-state index contributed by atoms with van der Waals surface area (Å²) in [6, 6.07) is 11.4. The number of para-hydroxylation sites is 1. The van der Waals surface area contributed by atoms with E-state index in [1.54, 1.807) is 12.1 Å². The Labute approximate surface area is 187 Å². The number of benzene rings is 2. The first-order valence-corrected chi connectivity index (χ1v) is 10.9. The van der Waals surface area contributed by atoms with Crippen LogP contribution in [0, 0.1) is 10.1 Å². The molecule has 0 aliphatic heterocycles. The van der Waals surface area contributed by atoms with Gasteiger partial charge in [0.25, 0.3) is 21.3 Å². The predicted molar refractivity (Wildman–Crippen MR) is 117 cm³/mol. The standard InChI is InChI=1S/C20H20N4O8S/c1-32-19(23-18(26)10-11-21-20(23)27)12-22(17-5-3-2-4-14(17)13-25)33(30,31)16-8-6-15(7-9-16)24(28)29/h2-11,19,25H,12-13H2,1H3,(H,21,27)/t19-/m0/s1. The highest BCUT2D eigenvalue weighted by atomic mass is 32.2. The number of aliphatic hydroxyl groups is 1. The Morgan fingerprint density at radius 1 is 1.15 bits per heavy atom. The van der Waals surface area contributed by atoms with Crippen LogP contribution in [-0.2, 0) is 21.4 Å². The Bertz CT molecular complexity index is 1340. The first-order valence-electron chi connectivity index (χ1n) is 9.49. The summed E-state index contributed by atoms with van der Waals surface area (Å²) in [4.78, 5) is 36.9. The summed E-state index contributed by atoms with van der Waals surface area (Å²) in [6.45, 7) is -1.01. The minimum absolute atomic E-state index is 0.0841. The normalized spacial score (nSPS) is 12.3. The zero-order valence-corrected chi connectivity index (χ0v) is 18.1. The van der Waals surface area contributed by atoms with E-state index < -0.39 is 45.6 Å². The lowest BCUT2D eigenvalue weighted by molar-refractivity contribution is -0.384. The molecule has 0 spiro atoms. The molecule has 0 radical (unpaired) electrons. The third-order valence-electron chi connectivity index (χ3n) is 4.84. The van der Waals surface area contributed by atoms with Crippen LogP contribution in [-0.4, -0.2) is 41.7 Å². The summed E-state index contributed by atoms with van der Waals surface area (Å²) in [5, 5.41) is 20.7. The Hall–Kier alpha value is -3.81. The molecule has 2 aromatic carbocycles. The van der Waals surface area contributed by atoms with Gasteiger partial charge < -0.3 is 14.8 Å². The zero-order valence-electron chi connectivity index (χ0n) is 17.3. The number of anilines is 1. The maximum absolute atomic E-state index is 13.6. The Kier molecular flexibility index (Phi) is 7.06. The maximum Gasteiger partial charge on any atom is 0.330 e. The van der Waals surface area contributed by atoms with E-state index in [0.717, 1.165) is 45.4 Å². The number of hydrogen-bond acceptors (Lipinski definition) is 8. The van der Waals surface area contributed by atoms with Crippen molar-refractivity contribution in [2.45, 2.75) is 17.7 Å². The average molecular weight is 476 g/mol. The highest BCUT2D eigenvalue weighted by molar-refractivity contribution is 7.92. The van der Waals surface area contributed by atoms with Crippen LogP contribution in [0.15, 0.2) is 75.3 Å². The second kappa shape index (κ2) is 9.77. The van der Waals surface area contributed by atoms with Crippen LogP contribution >= 0.6 is 0 Å². The summed E-state index contributed by atoms with van der Waals surface area (Å²) in [6.07, 6.45) is -0.178. The number of aliphatic hydroxyl groups excluding tert-OH is 1. The van der Waals surface area contributed by atoms with Gasteiger partial charge in [0.2, 0.25) is 0 Å². The molecule has 1 heterocycles. The smallest absolute Gasteiger partial charge is 0.330 e. The summed E-state index contributed by atoms with van der Waals surface area (Å²) in [5.41, 5.74) is -1.48. The zero-order chi connectivity index (χ0) is 24.2. The molecule has 1 aromatic heterocycles. The van der Waals surface area contributed by atoms with Crippen LogP contribution in [0.1, 0.15) is 11.8 Å². The lowest BCUT2D eigenvalue weighted by Gasteiger charge is -2.30. The third-order valence-corrected chi connectivity index (χ3v) is 6.63. The van der Waals surface area contributed by atoms with Gasteiger partial charge in [-0.05, 0) is 18.2 Å². The number of rotatable bonds is 9. The van der Waals surface area contributed by atoms with Gasteiger partial charge in [0.05, 0.1) is 28.7 Å². The highest BCUT2D eigenvalue weighted by Gasteiger charge is 2.31. The van der Waals surface area contributed by atoms with E-state index in [0.29, 0.717) is 0 Å². The molecule has 12 nitrogen and oxygen atoms in total. The fourth-order valence-corrected chi connectivity index (χ4v) is 4.69. The monoisotopic (exact) mass is 476 g/mol. The van der Waals surface area contributed by atoms with Gasteiger partial charge in [0, 0.05) is 37.1 Å². The summed E-state index contributed by atoms with van der Waals surface area (Å²) >= 11 is 0. The van der Waals surface area contributed by atoms with Gasteiger partial charge in [-0.1, -0.05) is 18.2 Å². The molecule has 2 N–H and O–H groups in total. The lowest BCUT2D eigenvalue weighted by atomic mass is 10.2. The van der Waals surface area contributed by atoms with E-state index >= 15 is 0 Å². The van der Waals surface area contributed by atoms with Crippen molar-refractivity contribution in [1.29, 1.82) is 0 Å². The van der Waals surface area contributed by atoms with Crippen molar-refractivity contribution in [3.05, 3.63) is 97.3 Å². The molecule has 1 atom stereocenters. The molecular weight excluding hydrogens is 456 g/mol. The van der Waals surface area contributed by atoms with E-state index in [2.05, 4.69) is 4.98 Å². The Morgan fingerprint density at radius 2 is 1.82 bits per heavy atom. The molecule has 13 heteroatoms. The predicted octanol–water partition coefficient (Wildman–Crippen LogP) is 0.978. The fourth-order valence-electron chi connectivity index (χ4n) is 3.19. The van der Waals surface area contributed by atoms with Crippen molar-refractivity contribution in [3.8, 4) is 0 Å². The lowest BCUT2D eigenvalue weighted by Crippen LogP contribution is -2.44. The quantitative estimate of drug-likeness (QED) is 0.341. The van der Waals surface area contributed by atoms with Crippen molar-refractivity contribution < 1.29 is 23.2 Å². The van der Waals surface area contributed by atoms with Crippen molar-refractivity contribution in [3.63, 3.8) is 0 Å². The van der Waals surface area contributed by atoms with Gasteiger partial charge in [0.1, 0.15) is 0 Å². The van der Waals surface area contributed by atoms with Crippen LogP contribution in [0.2, 0.25) is 0 Å². The summed E-state index contributed by atoms with van der Waals surface area (Å²) < 4.78 is 34.1. The third kappa shape index (κ3) is 4.84. The summed E-state index contributed by atoms with van der Waals surface area (Å²) in [7, 11) is -3.17. The second-order valence-corrected chi connectivity index (χ2v) is 8.62. The van der Waals surface area contributed by atoms with Gasteiger partial charge in [-0.15, -0.1) is 0 Å². The Morgan fingerprint density at radius 3 is 2.39 bits per heavy atom. The molecule has 0 aliphatic carbocycles. The number of nitro benzene ring substituents is 1. The SMILES string of the molecule is CO[C@@H](CN(c1ccccc1CO)S(=O)(=O)c1ccc([N+](=O)[O-])cc1)n1c(=O)cc[nH]c1=O. The number of ether oxygens (including phenoxy) is 1. The largest absolute Gasteiger partial charge is 0.392 e. The van der Waals surface area contributed by atoms with Crippen LogP contribution < -0.4 is 15.6 Å². The van der Waals surface area contributed by atoms with E-state index in [4.69, 9.17) is 4.74 Å². The van der Waals surface area contributed by atoms with Crippen LogP contribution in [0.25, 0.3) is 0 Å². The topological polar surface area (TPSA) is 165 Å². The van der Waals surface area contributed by atoms with Crippen LogP contribution in [0.3, 0.4) is 0 Å². The number of aromatic nitrogens is 2. The average Bonchev–Trinajstić information content (AvgIpc) is 2.80. The molecule has 0 fully saturated rings. The number of non-ortho nitro benzene ring substituents is 1. The molecule has 0 unspecified atom stereocenters. The second-order valence-electron chi connectivity index (χ2n) is 6.76. The molecule has 0 amide bonds. The van der Waals surface area contributed by atoms with E-state index in [-0.39, 0.29) is 21.8 Å². The minimum Gasteiger partial charge on any atom is -0.392 e. The van der Waals surface area contributed by atoms with Gasteiger partial charge in [-0.3, -0.25) is 19.2 Å². The summed E-state index contributed by atoms with van der Waals surface area (Å²) in [5.74, 6) is 0. The van der Waals surface area contributed by atoms with Crippen molar-refractivity contribution in [2.24, 2.45) is 0 Å². The molecule has 0 aliphatic rings. The first kappa shape index (κ1) is 23.8. The minimum atomic E-state index is -4.38. The molecule has 3 aromatic rings. The molecule has 174 valence electrons. The molecule has 0 saturated heterocycles. The van der Waals surface area contributed by atoms with Gasteiger partial charge >= 0.3 is 5.69 Å². The maximum atomic E-state index is 13.6. The van der Waals surface area contributed by atoms with Crippen molar-refractivity contribution in [2.75, 3.05) is 18.0 Å². The number of nitrogens with one attached hydrogen (secondary N) is 1. The number of nitrogens with zero attached hydrogens (tertiary/aromatic N) is 3. The number of methoxy groups -OCH3 is 1. The number of hydrogen-bond donors (Lipinski definition) is 2. The fraction of sp³-hybridized carbons (Fsp3) is 0.200. The van der Waals surface area contributed by atoms with E-state index in [1.165, 1.54) is 19.2 Å². The van der Waals surface area contributed by atoms with Crippen molar-refractivity contribution >= 4 is 21.4 Å². The van der Waals surface area contributed by atoms with E-state index in [9.17, 15) is 33.2 Å². The molecule has 3 rings (SSSR count). The Balaban J connectivity index is 2.17. The number of nitro groups is 1. The molecular formula is C20H20N4O8S. The molecule has 0 bridgehead atoms. The first-order chi connectivity index (χ1) is 15.7. The van der Waals surface area contributed by atoms with Crippen LogP contribution in [0.5, 0.6) is 0 Å². The van der Waals surface area contributed by atoms with Gasteiger partial charge in [0.15, 0.2) is 6.23 Å². The number of sulfonamides is 1. The molecule has 33 heavy (non-hydrogen) atoms. The van der Waals surface area contributed by atoms with Gasteiger partial charge in [-0.2, -0.15) is 0 Å². The van der Waals surface area contributed by atoms with E-state index in [1.807, 2.05) is 0 Å². The number of H-pyrrole nitrogens is 1.